The third-order valence-corrected chi connectivity index (χ3v) is 14.2. The molecule has 10 aromatic carbocycles. The lowest BCUT2D eigenvalue weighted by Gasteiger charge is -2.37. The summed E-state index contributed by atoms with van der Waals surface area (Å²) in [5.41, 5.74) is 17.5. The lowest BCUT2D eigenvalue weighted by Crippen LogP contribution is -2.31. The molecule has 334 valence electrons. The summed E-state index contributed by atoms with van der Waals surface area (Å²) in [6.45, 7) is 0. The van der Waals surface area contributed by atoms with Gasteiger partial charge in [-0.1, -0.05) is 212 Å². The van der Waals surface area contributed by atoms with E-state index in [0.717, 1.165) is 55.9 Å². The highest BCUT2D eigenvalue weighted by atomic mass is 15.1. The number of aromatic nitrogens is 4. The Morgan fingerprint density at radius 2 is 0.803 bits per heavy atom. The van der Waals surface area contributed by atoms with E-state index in [4.69, 9.17) is 4.98 Å². The van der Waals surface area contributed by atoms with Crippen LogP contribution in [0.2, 0.25) is 0 Å². The molecule has 0 saturated heterocycles. The molecule has 4 nitrogen and oxygen atoms in total. The minimum absolute atomic E-state index is 0.735. The van der Waals surface area contributed by atoms with Crippen molar-refractivity contribution in [2.75, 3.05) is 0 Å². The maximum Gasteiger partial charge on any atom is 0.168 e. The zero-order chi connectivity index (χ0) is 47.1. The number of para-hydroxylation sites is 4. The smallest absolute Gasteiger partial charge is 0.168 e. The van der Waals surface area contributed by atoms with Crippen LogP contribution in [0.4, 0.5) is 0 Å². The minimum atomic E-state index is -0.735. The maximum atomic E-state index is 5.23. The zero-order valence-corrected chi connectivity index (χ0v) is 38.9. The van der Waals surface area contributed by atoms with Gasteiger partial charge in [0.2, 0.25) is 0 Å². The number of pyridine rings is 1. The van der Waals surface area contributed by atoms with Crippen molar-refractivity contribution in [2.45, 2.75) is 5.41 Å². The highest BCUT2D eigenvalue weighted by Gasteiger charge is 2.39. The summed E-state index contributed by atoms with van der Waals surface area (Å²) in [6, 6.07) is 98.8. The van der Waals surface area contributed by atoms with E-state index in [0.29, 0.717) is 0 Å². The highest BCUT2D eigenvalue weighted by molar-refractivity contribution is 6.09. The predicted octanol–water partition coefficient (Wildman–Crippen LogP) is 16.6. The molecule has 0 bridgehead atoms. The summed E-state index contributed by atoms with van der Waals surface area (Å²) in [4.78, 5) is 5.23. The topological polar surface area (TPSA) is 27.7 Å². The number of rotatable bonds is 10. The monoisotopic (exact) mass is 907 g/mol. The largest absolute Gasteiger partial charge is 0.294 e. The van der Waals surface area contributed by atoms with Gasteiger partial charge in [0.1, 0.15) is 17.2 Å². The molecule has 13 rings (SSSR count). The Morgan fingerprint density at radius 1 is 0.324 bits per heavy atom. The molecule has 0 amide bonds. The van der Waals surface area contributed by atoms with E-state index in [-0.39, 0.29) is 0 Å². The van der Waals surface area contributed by atoms with E-state index in [9.17, 15) is 0 Å². The molecule has 0 aliphatic heterocycles. The van der Waals surface area contributed by atoms with E-state index < -0.39 is 5.41 Å². The van der Waals surface area contributed by atoms with Gasteiger partial charge in [-0.2, -0.15) is 9.13 Å². The van der Waals surface area contributed by atoms with Crippen LogP contribution in [0, 0.1) is 0 Å². The minimum Gasteiger partial charge on any atom is -0.294 e. The van der Waals surface area contributed by atoms with E-state index in [1.807, 2.05) is 6.20 Å². The molecule has 0 radical (unpaired) electrons. The van der Waals surface area contributed by atoms with Crippen LogP contribution >= 0.6 is 0 Å². The number of nitrogens with zero attached hydrogens (tertiary/aromatic N) is 4. The standard InChI is InChI=1S/C67H47N4/c1-6-22-48(23-7-1)57-35-21-36-58(49-24-8-2-9-25-49)66(57)50-42-43-68-65(44-50)71-61-37-17-16-34-59(61)60-41-40-54(46-64(60)71)67(51-26-10-3-11-27-51,52-28-12-4-13-29-52)53-30-20-33-56(45-53)70-47-69(55-31-14-5-15-32-55)62-38-18-19-39-63(62)70/h1-47H/q+1. The number of benzene rings is 10. The fraction of sp³-hybridized carbons (Fsp3) is 0.0149. The van der Waals surface area contributed by atoms with E-state index in [2.05, 4.69) is 293 Å². The van der Waals surface area contributed by atoms with Crippen molar-refractivity contribution >= 4 is 32.8 Å². The van der Waals surface area contributed by atoms with Crippen molar-refractivity contribution in [2.24, 2.45) is 0 Å². The first kappa shape index (κ1) is 41.8. The number of imidazole rings is 1. The van der Waals surface area contributed by atoms with Crippen LogP contribution in [0.25, 0.3) is 83.4 Å². The lowest BCUT2D eigenvalue weighted by molar-refractivity contribution is 0.744. The SMILES string of the molecule is c1ccc(-c2cccc(-c3ccccc3)c2-c2ccnc(-n3c4ccccc4c4ccc(C(c5ccccc5)(c5ccccc5)c5cccc(-n6[cH+]n(-c7ccccc7)c7ccccc76)c5)cc43)c2)cc1. The quantitative estimate of drug-likeness (QED) is 0.0992. The molecule has 0 saturated carbocycles. The molecule has 71 heavy (non-hydrogen) atoms. The molecule has 0 N–H and O–H groups in total. The molecule has 0 atom stereocenters. The first-order chi connectivity index (χ1) is 35.2. The summed E-state index contributed by atoms with van der Waals surface area (Å²) < 4.78 is 6.98. The molecule has 0 spiro atoms. The fourth-order valence-corrected chi connectivity index (χ4v) is 11.1. The normalized spacial score (nSPS) is 11.7. The molecule has 13 aromatic rings. The second-order valence-corrected chi connectivity index (χ2v) is 18.2. The molecule has 0 aliphatic rings. The molecule has 3 aromatic heterocycles. The van der Waals surface area contributed by atoms with Crippen LogP contribution in [0.3, 0.4) is 0 Å². The number of hydrogen-bond donors (Lipinski definition) is 0. The van der Waals surface area contributed by atoms with Gasteiger partial charge >= 0.3 is 0 Å². The Labute approximate surface area is 413 Å². The summed E-state index contributed by atoms with van der Waals surface area (Å²) in [6.07, 6.45) is 4.19. The van der Waals surface area contributed by atoms with E-state index >= 15 is 0 Å². The van der Waals surface area contributed by atoms with Gasteiger partial charge in [0.15, 0.2) is 17.4 Å². The van der Waals surface area contributed by atoms with Crippen molar-refractivity contribution < 1.29 is 0 Å². The average molecular weight is 908 g/mol. The molecule has 3 heterocycles. The molecule has 0 unspecified atom stereocenters. The Morgan fingerprint density at radius 3 is 1.44 bits per heavy atom. The first-order valence-electron chi connectivity index (χ1n) is 24.3. The molecule has 0 aliphatic carbocycles. The van der Waals surface area contributed by atoms with Crippen LogP contribution in [-0.2, 0) is 5.41 Å². The maximum absolute atomic E-state index is 5.23. The fourth-order valence-electron chi connectivity index (χ4n) is 11.1. The molecular formula is C67H47N4+. The van der Waals surface area contributed by atoms with Crippen molar-refractivity contribution in [3.8, 4) is 50.6 Å². The van der Waals surface area contributed by atoms with Crippen LogP contribution in [0.5, 0.6) is 0 Å². The number of hydrogen-bond acceptors (Lipinski definition) is 1. The Kier molecular flexibility index (Phi) is 10.4. The Balaban J connectivity index is 1.06. The summed E-state index contributed by atoms with van der Waals surface area (Å²) in [7, 11) is 0. The van der Waals surface area contributed by atoms with Crippen molar-refractivity contribution in [3.63, 3.8) is 0 Å². The van der Waals surface area contributed by atoms with Crippen LogP contribution < -0.4 is 0 Å². The van der Waals surface area contributed by atoms with Gasteiger partial charge in [-0.05, 0) is 98.1 Å². The Bertz CT molecular complexity index is 3930. The molecule has 0 fully saturated rings. The van der Waals surface area contributed by atoms with Gasteiger partial charge in [-0.3, -0.25) is 4.57 Å². The van der Waals surface area contributed by atoms with Gasteiger partial charge < -0.3 is 0 Å². The van der Waals surface area contributed by atoms with E-state index in [1.165, 1.54) is 49.7 Å². The van der Waals surface area contributed by atoms with Crippen LogP contribution in [0.15, 0.2) is 286 Å². The predicted molar refractivity (Wildman–Crippen MR) is 294 cm³/mol. The first-order valence-corrected chi connectivity index (χ1v) is 24.3. The van der Waals surface area contributed by atoms with Crippen LogP contribution in [0.1, 0.15) is 22.3 Å². The molecule has 4 heteroatoms. The lowest BCUT2D eigenvalue weighted by atomic mass is 9.65. The zero-order valence-electron chi connectivity index (χ0n) is 38.9. The summed E-state index contributed by atoms with van der Waals surface area (Å²) in [5, 5.41) is 2.34. The van der Waals surface area contributed by atoms with Crippen LogP contribution in [-0.4, -0.2) is 18.7 Å². The van der Waals surface area contributed by atoms with Gasteiger partial charge in [0.05, 0.1) is 16.4 Å². The van der Waals surface area contributed by atoms with Crippen molar-refractivity contribution in [1.29, 1.82) is 0 Å². The van der Waals surface area contributed by atoms with Crippen molar-refractivity contribution in [3.05, 3.63) is 308 Å². The van der Waals surface area contributed by atoms with E-state index in [1.54, 1.807) is 0 Å². The van der Waals surface area contributed by atoms with Gasteiger partial charge in [0, 0.05) is 35.2 Å². The summed E-state index contributed by atoms with van der Waals surface area (Å²) in [5.74, 6) is 0.853. The van der Waals surface area contributed by atoms with Gasteiger partial charge in [-0.15, -0.1) is 0 Å². The third kappa shape index (κ3) is 7.07. The van der Waals surface area contributed by atoms with Gasteiger partial charge in [0.25, 0.3) is 0 Å². The Hall–Kier alpha value is -9.38. The summed E-state index contributed by atoms with van der Waals surface area (Å²) >= 11 is 0. The highest BCUT2D eigenvalue weighted by Crippen LogP contribution is 2.48. The van der Waals surface area contributed by atoms with Crippen molar-refractivity contribution in [1.82, 2.24) is 18.7 Å². The average Bonchev–Trinajstić information content (AvgIpc) is 4.01. The van der Waals surface area contributed by atoms with Gasteiger partial charge in [-0.25, -0.2) is 4.98 Å². The number of fused-ring (bicyclic) bond motifs is 4. The second kappa shape index (κ2) is 17.6. The molecular weight excluding hydrogens is 861 g/mol. The second-order valence-electron chi connectivity index (χ2n) is 18.2. The third-order valence-electron chi connectivity index (χ3n) is 14.2.